The van der Waals surface area contributed by atoms with Crippen LogP contribution in [0.25, 0.3) is 0 Å². The van der Waals surface area contributed by atoms with Crippen molar-refractivity contribution in [2.45, 2.75) is 0 Å². The van der Waals surface area contributed by atoms with E-state index in [1.165, 1.54) is 6.08 Å². The summed E-state index contributed by atoms with van der Waals surface area (Å²) in [4.78, 5) is 10.7. The van der Waals surface area contributed by atoms with Crippen molar-refractivity contribution in [2.24, 2.45) is 0 Å². The summed E-state index contributed by atoms with van der Waals surface area (Å²) in [6.07, 6.45) is 11.1. The molecule has 0 aromatic heterocycles. The third-order valence-electron chi connectivity index (χ3n) is 1.70. The van der Waals surface area contributed by atoms with Gasteiger partial charge in [0.05, 0.1) is 5.70 Å². The van der Waals surface area contributed by atoms with E-state index in [1.807, 2.05) is 24.3 Å². The molecule has 3 heteroatoms. The zero-order valence-electron chi connectivity index (χ0n) is 6.37. The van der Waals surface area contributed by atoms with Crippen molar-refractivity contribution in [2.75, 3.05) is 0 Å². The van der Waals surface area contributed by atoms with Crippen LogP contribution in [-0.2, 0) is 4.79 Å². The number of amides is 1. The summed E-state index contributed by atoms with van der Waals surface area (Å²) in [6.45, 7) is 0. The zero-order chi connectivity index (χ0) is 8.39. The number of allylic oxidation sites excluding steroid dienone is 6. The van der Waals surface area contributed by atoms with Crippen LogP contribution in [-0.4, -0.2) is 5.91 Å². The molecule has 2 N–H and O–H groups in total. The fourth-order valence-corrected chi connectivity index (χ4v) is 1.09. The molecule has 3 nitrogen and oxygen atoms in total. The molecular weight excluding hydrogens is 152 g/mol. The Morgan fingerprint density at radius 2 is 1.67 bits per heavy atom. The molecule has 0 aromatic rings. The van der Waals surface area contributed by atoms with Gasteiger partial charge in [-0.1, -0.05) is 24.3 Å². The summed E-state index contributed by atoms with van der Waals surface area (Å²) in [7, 11) is 0. The van der Waals surface area contributed by atoms with Gasteiger partial charge in [-0.2, -0.15) is 0 Å². The smallest absolute Gasteiger partial charge is 0.262 e. The largest absolute Gasteiger partial charge is 0.298 e. The summed E-state index contributed by atoms with van der Waals surface area (Å²) in [6, 6.07) is 0. The van der Waals surface area contributed by atoms with Gasteiger partial charge in [0.1, 0.15) is 0 Å². The second-order valence-electron chi connectivity index (χ2n) is 2.53. The number of hydrogen-bond donors (Lipinski definition) is 2. The number of nitrogens with one attached hydrogen (secondary N) is 2. The molecule has 1 aliphatic carbocycles. The molecule has 0 fully saturated rings. The average molecular weight is 160 g/mol. The molecule has 2 aliphatic rings. The fraction of sp³-hybridized carbons (Fsp3) is 0. The first kappa shape index (κ1) is 6.91. The van der Waals surface area contributed by atoms with E-state index in [0.29, 0.717) is 0 Å². The number of carbonyl (C=O) groups excluding carboxylic acids is 1. The molecule has 60 valence electrons. The van der Waals surface area contributed by atoms with Crippen LogP contribution in [0.1, 0.15) is 0 Å². The number of carbonyl (C=O) groups is 1. The Morgan fingerprint density at radius 1 is 0.917 bits per heavy atom. The molecule has 0 bridgehead atoms. The summed E-state index contributed by atoms with van der Waals surface area (Å²) < 4.78 is 0. The van der Waals surface area contributed by atoms with Gasteiger partial charge >= 0.3 is 0 Å². The van der Waals surface area contributed by atoms with Crippen LogP contribution in [0, 0.1) is 0 Å². The molecule has 0 atom stereocenters. The van der Waals surface area contributed by atoms with Gasteiger partial charge in [0.2, 0.25) is 0 Å². The lowest BCUT2D eigenvalue weighted by atomic mass is 10.2. The standard InChI is InChI=1S/C9H8N2O/c12-9-6-5-8(10-11-9)7-3-1-2-4-7/h1-6,10H,(H,11,12). The van der Waals surface area contributed by atoms with E-state index in [4.69, 9.17) is 0 Å². The predicted octanol–water partition coefficient (Wildman–Crippen LogP) is 0.557. The number of rotatable bonds is 0. The second-order valence-corrected chi connectivity index (χ2v) is 2.53. The molecule has 12 heavy (non-hydrogen) atoms. The summed E-state index contributed by atoms with van der Waals surface area (Å²) in [5.74, 6) is -0.120. The van der Waals surface area contributed by atoms with Gasteiger partial charge in [-0.05, 0) is 11.6 Å². The fourth-order valence-electron chi connectivity index (χ4n) is 1.09. The molecule has 0 saturated heterocycles. The van der Waals surface area contributed by atoms with Crippen LogP contribution in [0.15, 0.2) is 47.7 Å². The van der Waals surface area contributed by atoms with Gasteiger partial charge in [0.15, 0.2) is 0 Å². The highest BCUT2D eigenvalue weighted by Gasteiger charge is 2.06. The van der Waals surface area contributed by atoms with Crippen molar-refractivity contribution in [1.82, 2.24) is 10.9 Å². The third kappa shape index (κ3) is 1.16. The topological polar surface area (TPSA) is 41.1 Å². The van der Waals surface area contributed by atoms with E-state index in [-0.39, 0.29) is 5.91 Å². The third-order valence-corrected chi connectivity index (χ3v) is 1.70. The SMILES string of the molecule is O=C1C=CC(=C2C=CC=C2)NN1. The maximum Gasteiger partial charge on any atom is 0.262 e. The molecule has 2 rings (SSSR count). The Morgan fingerprint density at radius 3 is 2.25 bits per heavy atom. The van der Waals surface area contributed by atoms with E-state index < -0.39 is 0 Å². The molecule has 0 spiro atoms. The molecule has 0 unspecified atom stereocenters. The number of hydrazine groups is 1. The first-order chi connectivity index (χ1) is 5.86. The summed E-state index contributed by atoms with van der Waals surface area (Å²) >= 11 is 0. The van der Waals surface area contributed by atoms with Crippen LogP contribution in [0.4, 0.5) is 0 Å². The lowest BCUT2D eigenvalue weighted by molar-refractivity contribution is -0.117. The quantitative estimate of drug-likeness (QED) is 0.543. The summed E-state index contributed by atoms with van der Waals surface area (Å²) in [5, 5.41) is 0. The first-order valence-corrected chi connectivity index (χ1v) is 3.69. The molecule has 0 saturated carbocycles. The lowest BCUT2D eigenvalue weighted by Crippen LogP contribution is -2.38. The lowest BCUT2D eigenvalue weighted by Gasteiger charge is -2.13. The Hall–Kier alpha value is -1.77. The highest BCUT2D eigenvalue weighted by atomic mass is 16.2. The van der Waals surface area contributed by atoms with Crippen LogP contribution < -0.4 is 10.9 Å². The van der Waals surface area contributed by atoms with Crippen molar-refractivity contribution >= 4 is 5.91 Å². The number of hydrogen-bond acceptors (Lipinski definition) is 2. The van der Waals surface area contributed by atoms with E-state index >= 15 is 0 Å². The molecule has 0 radical (unpaired) electrons. The maximum absolute atomic E-state index is 10.7. The van der Waals surface area contributed by atoms with Gasteiger partial charge in [0.25, 0.3) is 5.91 Å². The first-order valence-electron chi connectivity index (χ1n) is 3.69. The Kier molecular flexibility index (Phi) is 1.55. The minimum Gasteiger partial charge on any atom is -0.298 e. The van der Waals surface area contributed by atoms with Crippen molar-refractivity contribution < 1.29 is 4.79 Å². The minimum absolute atomic E-state index is 0.120. The molecule has 1 amide bonds. The second kappa shape index (κ2) is 2.70. The molecule has 1 heterocycles. The van der Waals surface area contributed by atoms with E-state index in [2.05, 4.69) is 10.9 Å². The van der Waals surface area contributed by atoms with Crippen LogP contribution in [0.5, 0.6) is 0 Å². The van der Waals surface area contributed by atoms with Gasteiger partial charge in [0, 0.05) is 6.08 Å². The van der Waals surface area contributed by atoms with Gasteiger partial charge in [-0.25, -0.2) is 0 Å². The van der Waals surface area contributed by atoms with Gasteiger partial charge < -0.3 is 0 Å². The van der Waals surface area contributed by atoms with Crippen molar-refractivity contribution in [3.8, 4) is 0 Å². The zero-order valence-corrected chi connectivity index (χ0v) is 6.37. The molecular formula is C9H8N2O. The Labute approximate surface area is 70.1 Å². The monoisotopic (exact) mass is 160 g/mol. The van der Waals surface area contributed by atoms with Crippen molar-refractivity contribution in [3.63, 3.8) is 0 Å². The van der Waals surface area contributed by atoms with Crippen LogP contribution in [0.3, 0.4) is 0 Å². The Bertz CT molecular complexity index is 320. The molecule has 0 aromatic carbocycles. The van der Waals surface area contributed by atoms with E-state index in [9.17, 15) is 4.79 Å². The van der Waals surface area contributed by atoms with Gasteiger partial charge in [-0.3, -0.25) is 15.6 Å². The minimum atomic E-state index is -0.120. The van der Waals surface area contributed by atoms with Crippen LogP contribution in [0.2, 0.25) is 0 Å². The highest BCUT2D eigenvalue weighted by molar-refractivity contribution is 5.89. The Balaban J connectivity index is 2.31. The van der Waals surface area contributed by atoms with Crippen molar-refractivity contribution in [1.29, 1.82) is 0 Å². The predicted molar refractivity (Wildman–Crippen MR) is 45.7 cm³/mol. The maximum atomic E-state index is 10.7. The van der Waals surface area contributed by atoms with E-state index in [0.717, 1.165) is 11.3 Å². The normalized spacial score (nSPS) is 19.8. The average Bonchev–Trinajstić information content (AvgIpc) is 2.58. The highest BCUT2D eigenvalue weighted by Crippen LogP contribution is 2.12. The van der Waals surface area contributed by atoms with E-state index in [1.54, 1.807) is 6.08 Å². The van der Waals surface area contributed by atoms with Gasteiger partial charge in [-0.15, -0.1) is 0 Å². The van der Waals surface area contributed by atoms with Crippen molar-refractivity contribution in [3.05, 3.63) is 47.7 Å². The molecule has 1 aliphatic heterocycles. The van der Waals surface area contributed by atoms with Crippen LogP contribution >= 0.6 is 0 Å². The summed E-state index contributed by atoms with van der Waals surface area (Å²) in [5.41, 5.74) is 7.30.